The second-order valence-corrected chi connectivity index (χ2v) is 12.4. The maximum absolute atomic E-state index is 6.74. The van der Waals surface area contributed by atoms with E-state index >= 15 is 0 Å². The minimum Gasteiger partial charge on any atom is -0.435 e. The highest BCUT2D eigenvalue weighted by molar-refractivity contribution is 6.05. The molecule has 0 aliphatic rings. The maximum Gasteiger partial charge on any atom is 0.227 e. The Morgan fingerprint density at radius 1 is 0.396 bits per heavy atom. The summed E-state index contributed by atoms with van der Waals surface area (Å²) >= 11 is 0. The fourth-order valence-corrected chi connectivity index (χ4v) is 7.01. The fraction of sp³-hybridized carbons (Fsp3) is 0.0217. The smallest absolute Gasteiger partial charge is 0.227 e. The van der Waals surface area contributed by atoms with E-state index in [1.807, 2.05) is 0 Å². The molecule has 9 aromatic rings. The largest absolute Gasteiger partial charge is 0.435 e. The second-order valence-electron chi connectivity index (χ2n) is 12.4. The van der Waals surface area contributed by atoms with Crippen molar-refractivity contribution in [3.05, 3.63) is 199 Å². The first-order valence-corrected chi connectivity index (χ1v) is 16.4. The standard InChI is InChI=1S/C46H31NO/c1-3-12-31(13-4-1)34-22-25-35(26-23-34)43(39-20-11-19-37(28-39)32-14-5-2-6-15-32)42-30-38-18-9-10-21-41(38)45-44(42)47-46(48-45)40-27-24-33-16-7-8-17-36(33)29-40/h1-30,43H. The normalized spacial score (nSPS) is 12.1. The minimum absolute atomic E-state index is 0.0832. The van der Waals surface area contributed by atoms with Gasteiger partial charge < -0.3 is 4.42 Å². The van der Waals surface area contributed by atoms with Crippen LogP contribution < -0.4 is 0 Å². The van der Waals surface area contributed by atoms with Crippen molar-refractivity contribution in [2.75, 3.05) is 0 Å². The van der Waals surface area contributed by atoms with E-state index in [4.69, 9.17) is 9.40 Å². The van der Waals surface area contributed by atoms with Gasteiger partial charge in [0.2, 0.25) is 5.89 Å². The first-order valence-electron chi connectivity index (χ1n) is 16.4. The number of rotatable bonds is 6. The van der Waals surface area contributed by atoms with Crippen LogP contribution in [0, 0.1) is 0 Å². The third kappa shape index (κ3) is 5.05. The summed E-state index contributed by atoms with van der Waals surface area (Å²) in [6.07, 6.45) is 0. The first-order chi connectivity index (χ1) is 23.8. The molecule has 2 heteroatoms. The number of nitrogens with zero attached hydrogens (tertiary/aromatic N) is 1. The summed E-state index contributed by atoms with van der Waals surface area (Å²) < 4.78 is 6.74. The third-order valence-electron chi connectivity index (χ3n) is 9.40. The highest BCUT2D eigenvalue weighted by Gasteiger charge is 2.25. The molecule has 9 rings (SSSR count). The Hall–Kier alpha value is -6.25. The van der Waals surface area contributed by atoms with Crippen molar-refractivity contribution in [2.24, 2.45) is 0 Å². The molecule has 8 aromatic carbocycles. The van der Waals surface area contributed by atoms with Crippen LogP contribution in [0.4, 0.5) is 0 Å². The van der Waals surface area contributed by atoms with E-state index in [-0.39, 0.29) is 5.92 Å². The molecule has 1 heterocycles. The number of benzene rings is 8. The lowest BCUT2D eigenvalue weighted by Gasteiger charge is -2.21. The molecule has 0 aliphatic carbocycles. The van der Waals surface area contributed by atoms with Crippen molar-refractivity contribution >= 4 is 32.6 Å². The van der Waals surface area contributed by atoms with E-state index in [9.17, 15) is 0 Å². The molecule has 0 saturated carbocycles. The molecule has 0 radical (unpaired) electrons. The Kier molecular flexibility index (Phi) is 6.91. The number of oxazole rings is 1. The van der Waals surface area contributed by atoms with Crippen LogP contribution in [0.2, 0.25) is 0 Å². The van der Waals surface area contributed by atoms with Gasteiger partial charge in [-0.3, -0.25) is 0 Å². The van der Waals surface area contributed by atoms with Crippen molar-refractivity contribution < 1.29 is 4.42 Å². The van der Waals surface area contributed by atoms with Crippen molar-refractivity contribution in [1.29, 1.82) is 0 Å². The summed E-state index contributed by atoms with van der Waals surface area (Å²) in [4.78, 5) is 5.29. The van der Waals surface area contributed by atoms with E-state index in [1.54, 1.807) is 0 Å². The van der Waals surface area contributed by atoms with Crippen LogP contribution in [0.15, 0.2) is 186 Å². The van der Waals surface area contributed by atoms with E-state index < -0.39 is 0 Å². The fourth-order valence-electron chi connectivity index (χ4n) is 7.01. The minimum atomic E-state index is -0.0832. The summed E-state index contributed by atoms with van der Waals surface area (Å²) in [7, 11) is 0. The average molecular weight is 614 g/mol. The third-order valence-corrected chi connectivity index (χ3v) is 9.40. The van der Waals surface area contributed by atoms with E-state index in [2.05, 4.69) is 182 Å². The van der Waals surface area contributed by atoms with Gasteiger partial charge in [0.05, 0.1) is 0 Å². The SMILES string of the molecule is c1ccc(-c2ccc(C(c3cccc(-c4ccccc4)c3)c3cc4ccccc4c4oc(-c5ccc6ccccc6c5)nc34)cc2)cc1. The maximum atomic E-state index is 6.74. The van der Waals surface area contributed by atoms with Gasteiger partial charge in [-0.1, -0.05) is 164 Å². The quantitative estimate of drug-likeness (QED) is 0.174. The molecule has 0 bridgehead atoms. The number of fused-ring (bicyclic) bond motifs is 4. The van der Waals surface area contributed by atoms with E-state index in [1.165, 1.54) is 38.8 Å². The molecule has 226 valence electrons. The Morgan fingerprint density at radius 3 is 1.77 bits per heavy atom. The zero-order valence-electron chi connectivity index (χ0n) is 26.3. The van der Waals surface area contributed by atoms with Crippen molar-refractivity contribution in [1.82, 2.24) is 4.98 Å². The molecule has 1 unspecified atom stereocenters. The first kappa shape index (κ1) is 28.0. The lowest BCUT2D eigenvalue weighted by atomic mass is 9.82. The predicted octanol–water partition coefficient (Wildman–Crippen LogP) is 12.3. The van der Waals surface area contributed by atoms with Crippen LogP contribution in [0.5, 0.6) is 0 Å². The van der Waals surface area contributed by atoms with Crippen molar-refractivity contribution in [3.8, 4) is 33.7 Å². The van der Waals surface area contributed by atoms with Crippen LogP contribution in [0.25, 0.3) is 66.4 Å². The van der Waals surface area contributed by atoms with Crippen LogP contribution >= 0.6 is 0 Å². The Bertz CT molecular complexity index is 2550. The molecule has 0 fully saturated rings. The molecular formula is C46H31NO. The highest BCUT2D eigenvalue weighted by Crippen LogP contribution is 2.42. The van der Waals surface area contributed by atoms with Gasteiger partial charge in [-0.15, -0.1) is 0 Å². The number of aromatic nitrogens is 1. The zero-order chi connectivity index (χ0) is 31.9. The van der Waals surface area contributed by atoms with Gasteiger partial charge in [0.15, 0.2) is 5.58 Å². The summed E-state index contributed by atoms with van der Waals surface area (Å²) in [6, 6.07) is 64.7. The van der Waals surface area contributed by atoms with Crippen LogP contribution in [0.1, 0.15) is 22.6 Å². The van der Waals surface area contributed by atoms with Gasteiger partial charge in [0.1, 0.15) is 5.52 Å². The summed E-state index contributed by atoms with van der Waals surface area (Å²) in [5, 5.41) is 4.55. The topological polar surface area (TPSA) is 26.0 Å². The van der Waals surface area contributed by atoms with Gasteiger partial charge in [-0.2, -0.15) is 0 Å². The molecule has 0 N–H and O–H groups in total. The van der Waals surface area contributed by atoms with Gasteiger partial charge in [-0.05, 0) is 73.3 Å². The van der Waals surface area contributed by atoms with Crippen LogP contribution in [-0.2, 0) is 0 Å². The molecular weight excluding hydrogens is 583 g/mol. The Balaban J connectivity index is 1.28. The lowest BCUT2D eigenvalue weighted by Crippen LogP contribution is -2.05. The highest BCUT2D eigenvalue weighted by atomic mass is 16.3. The lowest BCUT2D eigenvalue weighted by molar-refractivity contribution is 0.623. The molecule has 1 atom stereocenters. The second kappa shape index (κ2) is 11.8. The number of hydrogen-bond donors (Lipinski definition) is 0. The van der Waals surface area contributed by atoms with Crippen molar-refractivity contribution in [3.63, 3.8) is 0 Å². The van der Waals surface area contributed by atoms with Gasteiger partial charge in [-0.25, -0.2) is 4.98 Å². The molecule has 1 aromatic heterocycles. The number of hydrogen-bond acceptors (Lipinski definition) is 2. The monoisotopic (exact) mass is 613 g/mol. The van der Waals surface area contributed by atoms with Crippen LogP contribution in [0.3, 0.4) is 0 Å². The summed E-state index contributed by atoms with van der Waals surface area (Å²) in [6.45, 7) is 0. The Labute approximate surface area is 279 Å². The predicted molar refractivity (Wildman–Crippen MR) is 199 cm³/mol. The molecule has 0 saturated heterocycles. The molecule has 2 nitrogen and oxygen atoms in total. The molecule has 0 aliphatic heterocycles. The molecule has 0 spiro atoms. The van der Waals surface area contributed by atoms with E-state index in [0.717, 1.165) is 38.4 Å². The summed E-state index contributed by atoms with van der Waals surface area (Å²) in [5.74, 6) is 0.546. The average Bonchev–Trinajstić information content (AvgIpc) is 3.62. The molecule has 0 amide bonds. The van der Waals surface area contributed by atoms with E-state index in [0.29, 0.717) is 5.89 Å². The summed E-state index contributed by atoms with van der Waals surface area (Å²) in [5.41, 5.74) is 11.0. The molecule has 48 heavy (non-hydrogen) atoms. The van der Waals surface area contributed by atoms with Gasteiger partial charge >= 0.3 is 0 Å². The van der Waals surface area contributed by atoms with Crippen LogP contribution in [-0.4, -0.2) is 4.98 Å². The van der Waals surface area contributed by atoms with Gasteiger partial charge in [0.25, 0.3) is 0 Å². The zero-order valence-corrected chi connectivity index (χ0v) is 26.3. The van der Waals surface area contributed by atoms with Gasteiger partial charge in [0, 0.05) is 16.9 Å². The Morgan fingerprint density at radius 2 is 1.00 bits per heavy atom. The van der Waals surface area contributed by atoms with Crippen molar-refractivity contribution in [2.45, 2.75) is 5.92 Å².